The summed E-state index contributed by atoms with van der Waals surface area (Å²) in [5.41, 5.74) is 1.17. The average Bonchev–Trinajstić information content (AvgIpc) is 2.51. The zero-order valence-electron chi connectivity index (χ0n) is 13.4. The van der Waals surface area contributed by atoms with E-state index in [4.69, 9.17) is 4.74 Å². The molecule has 0 aliphatic carbocycles. The highest BCUT2D eigenvalue weighted by Gasteiger charge is 2.18. The van der Waals surface area contributed by atoms with E-state index in [1.807, 2.05) is 32.2 Å². The number of likely N-dealkylation sites (tertiary alicyclic amines) is 1. The van der Waals surface area contributed by atoms with Crippen molar-refractivity contribution in [2.45, 2.75) is 33.2 Å². The molecule has 21 heavy (non-hydrogen) atoms. The van der Waals surface area contributed by atoms with Crippen LogP contribution in [0.5, 0.6) is 5.75 Å². The molecule has 1 heterocycles. The van der Waals surface area contributed by atoms with E-state index >= 15 is 0 Å². The highest BCUT2D eigenvalue weighted by molar-refractivity contribution is 5.80. The summed E-state index contributed by atoms with van der Waals surface area (Å²) in [6, 6.07) is 8.18. The molecule has 4 heteroatoms. The van der Waals surface area contributed by atoms with Crippen LogP contribution in [0, 0.1) is 5.92 Å². The van der Waals surface area contributed by atoms with Gasteiger partial charge in [-0.05, 0) is 31.7 Å². The first kappa shape index (κ1) is 15.7. The second kappa shape index (κ2) is 7.91. The molecular weight excluding hydrogens is 262 g/mol. The largest absolute Gasteiger partial charge is 0.494 e. The van der Waals surface area contributed by atoms with Gasteiger partial charge in [-0.25, -0.2) is 0 Å². The maximum atomic E-state index is 5.67. The fraction of sp³-hybridized carbons (Fsp3) is 0.588. The van der Waals surface area contributed by atoms with Gasteiger partial charge in [-0.2, -0.15) is 0 Å². The van der Waals surface area contributed by atoms with Gasteiger partial charge < -0.3 is 15.0 Å². The molecule has 116 valence electrons. The molecule has 1 N–H and O–H groups in total. The Bertz CT molecular complexity index is 465. The van der Waals surface area contributed by atoms with Crippen molar-refractivity contribution >= 4 is 5.96 Å². The van der Waals surface area contributed by atoms with Crippen LogP contribution in [0.2, 0.25) is 0 Å². The minimum Gasteiger partial charge on any atom is -0.494 e. The second-order valence-corrected chi connectivity index (χ2v) is 5.61. The molecule has 1 aromatic rings. The number of nitrogens with one attached hydrogen (secondary N) is 1. The molecule has 0 amide bonds. The topological polar surface area (TPSA) is 36.9 Å². The first-order valence-corrected chi connectivity index (χ1v) is 7.91. The molecule has 1 aliphatic rings. The normalized spacial score (nSPS) is 16.9. The Morgan fingerprint density at radius 2 is 2.05 bits per heavy atom. The molecule has 0 radical (unpaired) electrons. The lowest BCUT2D eigenvalue weighted by Gasteiger charge is -2.33. The third-order valence-electron chi connectivity index (χ3n) is 4.00. The van der Waals surface area contributed by atoms with Crippen molar-refractivity contribution in [3.8, 4) is 5.75 Å². The number of aliphatic imine (C=N–C) groups is 1. The number of benzene rings is 1. The van der Waals surface area contributed by atoms with Crippen LogP contribution in [0.25, 0.3) is 0 Å². The number of piperidine rings is 1. The fourth-order valence-corrected chi connectivity index (χ4v) is 2.67. The third-order valence-corrected chi connectivity index (χ3v) is 4.00. The van der Waals surface area contributed by atoms with Gasteiger partial charge in [0.15, 0.2) is 5.96 Å². The van der Waals surface area contributed by atoms with Crippen LogP contribution in [0.4, 0.5) is 0 Å². The molecule has 0 spiro atoms. The predicted molar refractivity (Wildman–Crippen MR) is 87.8 cm³/mol. The number of hydrogen-bond acceptors (Lipinski definition) is 2. The Morgan fingerprint density at radius 1 is 1.33 bits per heavy atom. The van der Waals surface area contributed by atoms with Gasteiger partial charge in [0.2, 0.25) is 0 Å². The summed E-state index contributed by atoms with van der Waals surface area (Å²) < 4.78 is 5.67. The molecule has 2 rings (SSSR count). The lowest BCUT2D eigenvalue weighted by atomic mass is 9.99. The Balaban J connectivity index is 1.94. The van der Waals surface area contributed by atoms with Gasteiger partial charge in [0.05, 0.1) is 6.61 Å². The summed E-state index contributed by atoms with van der Waals surface area (Å²) in [6.07, 6.45) is 2.49. The van der Waals surface area contributed by atoms with Crippen molar-refractivity contribution in [3.05, 3.63) is 29.8 Å². The SMILES string of the molecule is CCOc1ccccc1CNC(=NC)N1CCC(C)CC1. The van der Waals surface area contributed by atoms with Crippen LogP contribution >= 0.6 is 0 Å². The van der Waals surface area contributed by atoms with Crippen LogP contribution in [0.15, 0.2) is 29.3 Å². The van der Waals surface area contributed by atoms with Crippen LogP contribution in [-0.2, 0) is 6.54 Å². The van der Waals surface area contributed by atoms with E-state index in [-0.39, 0.29) is 0 Å². The van der Waals surface area contributed by atoms with Gasteiger partial charge in [0.1, 0.15) is 5.75 Å². The number of nitrogens with zero attached hydrogens (tertiary/aromatic N) is 2. The Kier molecular flexibility index (Phi) is 5.90. The highest BCUT2D eigenvalue weighted by Crippen LogP contribution is 2.19. The van der Waals surface area contributed by atoms with Gasteiger partial charge in [-0.1, -0.05) is 25.1 Å². The fourth-order valence-electron chi connectivity index (χ4n) is 2.67. The smallest absolute Gasteiger partial charge is 0.193 e. The minimum absolute atomic E-state index is 0.690. The van der Waals surface area contributed by atoms with Crippen molar-refractivity contribution in [1.29, 1.82) is 0 Å². The van der Waals surface area contributed by atoms with Crippen LogP contribution in [-0.4, -0.2) is 37.6 Å². The lowest BCUT2D eigenvalue weighted by Crippen LogP contribution is -2.45. The van der Waals surface area contributed by atoms with Crippen molar-refractivity contribution in [2.75, 3.05) is 26.7 Å². The van der Waals surface area contributed by atoms with Crippen molar-refractivity contribution in [2.24, 2.45) is 10.9 Å². The van der Waals surface area contributed by atoms with Gasteiger partial charge in [-0.15, -0.1) is 0 Å². The maximum absolute atomic E-state index is 5.67. The molecule has 1 fully saturated rings. The number of guanidine groups is 1. The minimum atomic E-state index is 0.690. The summed E-state index contributed by atoms with van der Waals surface area (Å²) >= 11 is 0. The van der Waals surface area contributed by atoms with E-state index in [2.05, 4.69) is 28.2 Å². The lowest BCUT2D eigenvalue weighted by molar-refractivity contribution is 0.273. The van der Waals surface area contributed by atoms with E-state index in [1.165, 1.54) is 18.4 Å². The summed E-state index contributed by atoms with van der Waals surface area (Å²) in [5.74, 6) is 2.78. The summed E-state index contributed by atoms with van der Waals surface area (Å²) in [7, 11) is 1.86. The van der Waals surface area contributed by atoms with Crippen LogP contribution in [0.3, 0.4) is 0 Å². The van der Waals surface area contributed by atoms with Crippen molar-refractivity contribution in [3.63, 3.8) is 0 Å². The average molecular weight is 289 g/mol. The van der Waals surface area contributed by atoms with Gasteiger partial charge >= 0.3 is 0 Å². The van der Waals surface area contributed by atoms with E-state index in [1.54, 1.807) is 0 Å². The van der Waals surface area contributed by atoms with Crippen LogP contribution < -0.4 is 10.1 Å². The molecule has 1 aromatic carbocycles. The van der Waals surface area contributed by atoms with E-state index < -0.39 is 0 Å². The molecule has 0 atom stereocenters. The predicted octanol–water partition coefficient (Wildman–Crippen LogP) is 2.89. The van der Waals surface area contributed by atoms with Crippen molar-refractivity contribution < 1.29 is 4.74 Å². The molecular formula is C17H27N3O. The molecule has 1 aliphatic heterocycles. The zero-order chi connectivity index (χ0) is 15.1. The summed E-state index contributed by atoms with van der Waals surface area (Å²) in [6.45, 7) is 7.95. The summed E-state index contributed by atoms with van der Waals surface area (Å²) in [5, 5.41) is 3.46. The first-order valence-electron chi connectivity index (χ1n) is 7.91. The molecule has 0 bridgehead atoms. The second-order valence-electron chi connectivity index (χ2n) is 5.61. The van der Waals surface area contributed by atoms with Gasteiger partial charge in [0.25, 0.3) is 0 Å². The Hall–Kier alpha value is -1.71. The molecule has 0 saturated carbocycles. The molecule has 0 unspecified atom stereocenters. The van der Waals surface area contributed by atoms with E-state index in [0.29, 0.717) is 6.61 Å². The first-order chi connectivity index (χ1) is 10.2. The van der Waals surface area contributed by atoms with Crippen LogP contribution in [0.1, 0.15) is 32.3 Å². The van der Waals surface area contributed by atoms with Gasteiger partial charge in [0, 0.05) is 32.2 Å². The monoisotopic (exact) mass is 289 g/mol. The molecule has 4 nitrogen and oxygen atoms in total. The third kappa shape index (κ3) is 4.38. The highest BCUT2D eigenvalue weighted by atomic mass is 16.5. The van der Waals surface area contributed by atoms with Gasteiger partial charge in [-0.3, -0.25) is 4.99 Å². The quantitative estimate of drug-likeness (QED) is 0.684. The Morgan fingerprint density at radius 3 is 2.71 bits per heavy atom. The zero-order valence-corrected chi connectivity index (χ0v) is 13.4. The molecule has 0 aromatic heterocycles. The number of rotatable bonds is 4. The summed E-state index contributed by atoms with van der Waals surface area (Å²) in [4.78, 5) is 6.77. The Labute approximate surface area is 128 Å². The van der Waals surface area contributed by atoms with E-state index in [0.717, 1.165) is 37.3 Å². The number of ether oxygens (including phenoxy) is 1. The standard InChI is InChI=1S/C17H27N3O/c1-4-21-16-8-6-5-7-15(16)13-19-17(18-3)20-11-9-14(2)10-12-20/h5-8,14H,4,9-13H2,1-3H3,(H,18,19). The molecule has 1 saturated heterocycles. The number of hydrogen-bond donors (Lipinski definition) is 1. The maximum Gasteiger partial charge on any atom is 0.193 e. The van der Waals surface area contributed by atoms with E-state index in [9.17, 15) is 0 Å². The van der Waals surface area contributed by atoms with Crippen molar-refractivity contribution in [1.82, 2.24) is 10.2 Å². The number of para-hydroxylation sites is 1.